The summed E-state index contributed by atoms with van der Waals surface area (Å²) in [5.41, 5.74) is 4.05. The highest BCUT2D eigenvalue weighted by Gasteiger charge is 2.21. The molecule has 0 heterocycles. The molecule has 0 unspecified atom stereocenters. The number of benzene rings is 3. The van der Waals surface area contributed by atoms with Gasteiger partial charge in [0.25, 0.3) is 0 Å². The monoisotopic (exact) mass is 422 g/mol. The van der Waals surface area contributed by atoms with Crippen molar-refractivity contribution in [2.24, 2.45) is 0 Å². The number of nitrogens with zero attached hydrogens (tertiary/aromatic N) is 1. The van der Waals surface area contributed by atoms with Crippen LogP contribution in [-0.4, -0.2) is 27.1 Å². The average molecular weight is 423 g/mol. The van der Waals surface area contributed by atoms with Gasteiger partial charge in [-0.25, -0.2) is 8.42 Å². The normalized spacial score (nSPS) is 11.3. The summed E-state index contributed by atoms with van der Waals surface area (Å²) in [6, 6.07) is 24.4. The number of rotatable bonds is 7. The standard InChI is InChI=1S/C24H26N2O3S/c1-18(2)19-13-15-21(16-14-19)26(30(3,28)29)17-24(27)25-23-12-8-7-11-22(23)20-9-5-4-6-10-20/h4-16,18H,17H2,1-3H3,(H,25,27). The van der Waals surface area contributed by atoms with Crippen LogP contribution < -0.4 is 9.62 Å². The van der Waals surface area contributed by atoms with Gasteiger partial charge in [-0.1, -0.05) is 74.5 Å². The molecule has 5 nitrogen and oxygen atoms in total. The highest BCUT2D eigenvalue weighted by Crippen LogP contribution is 2.28. The summed E-state index contributed by atoms with van der Waals surface area (Å²) in [4.78, 5) is 12.8. The molecule has 30 heavy (non-hydrogen) atoms. The van der Waals surface area contributed by atoms with E-state index in [0.29, 0.717) is 17.3 Å². The molecule has 1 amide bonds. The van der Waals surface area contributed by atoms with E-state index in [-0.39, 0.29) is 6.54 Å². The van der Waals surface area contributed by atoms with Gasteiger partial charge in [-0.2, -0.15) is 0 Å². The summed E-state index contributed by atoms with van der Waals surface area (Å²) in [7, 11) is -3.63. The Labute approximate surface area is 178 Å². The van der Waals surface area contributed by atoms with Gasteiger partial charge in [0.15, 0.2) is 0 Å². The van der Waals surface area contributed by atoms with E-state index in [4.69, 9.17) is 0 Å². The van der Waals surface area contributed by atoms with Gasteiger partial charge in [-0.05, 0) is 35.2 Å². The van der Waals surface area contributed by atoms with Crippen LogP contribution in [-0.2, 0) is 14.8 Å². The van der Waals surface area contributed by atoms with Gasteiger partial charge in [-0.15, -0.1) is 0 Å². The SMILES string of the molecule is CC(C)c1ccc(N(CC(=O)Nc2ccccc2-c2ccccc2)S(C)(=O)=O)cc1. The van der Waals surface area contributed by atoms with E-state index in [0.717, 1.165) is 27.3 Å². The van der Waals surface area contributed by atoms with Gasteiger partial charge in [0.1, 0.15) is 6.54 Å². The molecular weight excluding hydrogens is 396 g/mol. The third-order valence-electron chi connectivity index (χ3n) is 4.82. The van der Waals surface area contributed by atoms with Crippen molar-refractivity contribution >= 4 is 27.3 Å². The van der Waals surface area contributed by atoms with Crippen LogP contribution in [0.5, 0.6) is 0 Å². The van der Waals surface area contributed by atoms with Crippen LogP contribution in [0.15, 0.2) is 78.9 Å². The summed E-state index contributed by atoms with van der Waals surface area (Å²) < 4.78 is 25.9. The number of carbonyl (C=O) groups is 1. The molecule has 0 radical (unpaired) electrons. The molecule has 0 aliphatic carbocycles. The van der Waals surface area contributed by atoms with Crippen LogP contribution >= 0.6 is 0 Å². The zero-order chi connectivity index (χ0) is 21.7. The first-order valence-corrected chi connectivity index (χ1v) is 11.6. The van der Waals surface area contributed by atoms with Crippen molar-refractivity contribution in [1.29, 1.82) is 0 Å². The maximum Gasteiger partial charge on any atom is 0.245 e. The minimum atomic E-state index is -3.63. The third kappa shape index (κ3) is 5.27. The van der Waals surface area contributed by atoms with E-state index in [1.54, 1.807) is 12.1 Å². The number of hydrogen-bond donors (Lipinski definition) is 1. The number of nitrogens with one attached hydrogen (secondary N) is 1. The quantitative estimate of drug-likeness (QED) is 0.590. The van der Waals surface area contributed by atoms with Gasteiger partial charge in [0.2, 0.25) is 15.9 Å². The molecule has 0 atom stereocenters. The number of amides is 1. The number of anilines is 2. The predicted molar refractivity (Wildman–Crippen MR) is 123 cm³/mol. The topological polar surface area (TPSA) is 66.5 Å². The highest BCUT2D eigenvalue weighted by atomic mass is 32.2. The van der Waals surface area contributed by atoms with Crippen LogP contribution in [0.2, 0.25) is 0 Å². The molecule has 0 aliphatic rings. The summed E-state index contributed by atoms with van der Waals surface area (Å²) in [5.74, 6) is -0.0692. The van der Waals surface area contributed by atoms with E-state index in [1.165, 1.54) is 0 Å². The fourth-order valence-corrected chi connectivity index (χ4v) is 4.06. The number of carbonyl (C=O) groups excluding carboxylic acids is 1. The number of hydrogen-bond acceptors (Lipinski definition) is 3. The Morgan fingerprint density at radius 1 is 0.900 bits per heavy atom. The summed E-state index contributed by atoms with van der Waals surface area (Å²) in [6.07, 6.45) is 1.11. The second-order valence-electron chi connectivity index (χ2n) is 7.48. The van der Waals surface area contributed by atoms with E-state index in [9.17, 15) is 13.2 Å². The molecule has 3 aromatic carbocycles. The molecule has 3 rings (SSSR count). The number of para-hydroxylation sites is 1. The molecule has 0 saturated carbocycles. The summed E-state index contributed by atoms with van der Waals surface area (Å²) in [6.45, 7) is 3.84. The Morgan fingerprint density at radius 2 is 1.50 bits per heavy atom. The Morgan fingerprint density at radius 3 is 2.10 bits per heavy atom. The van der Waals surface area contributed by atoms with Crippen LogP contribution in [0.25, 0.3) is 11.1 Å². The van der Waals surface area contributed by atoms with Crippen molar-refractivity contribution in [3.63, 3.8) is 0 Å². The lowest BCUT2D eigenvalue weighted by Gasteiger charge is -2.23. The Bertz CT molecular complexity index is 1110. The Balaban J connectivity index is 1.83. The lowest BCUT2D eigenvalue weighted by Crippen LogP contribution is -2.37. The molecule has 3 aromatic rings. The van der Waals surface area contributed by atoms with E-state index < -0.39 is 15.9 Å². The van der Waals surface area contributed by atoms with Crippen LogP contribution in [0.3, 0.4) is 0 Å². The van der Waals surface area contributed by atoms with Crippen molar-refractivity contribution in [1.82, 2.24) is 0 Å². The molecule has 0 saturated heterocycles. The van der Waals surface area contributed by atoms with Crippen molar-refractivity contribution < 1.29 is 13.2 Å². The summed E-state index contributed by atoms with van der Waals surface area (Å²) >= 11 is 0. The minimum absolute atomic E-state index is 0.303. The van der Waals surface area contributed by atoms with Crippen molar-refractivity contribution in [3.05, 3.63) is 84.4 Å². The Kier molecular flexibility index (Phi) is 6.57. The second-order valence-corrected chi connectivity index (χ2v) is 9.38. The van der Waals surface area contributed by atoms with Crippen molar-refractivity contribution in [3.8, 4) is 11.1 Å². The van der Waals surface area contributed by atoms with Crippen LogP contribution in [0.1, 0.15) is 25.3 Å². The zero-order valence-corrected chi connectivity index (χ0v) is 18.2. The second kappa shape index (κ2) is 9.13. The van der Waals surface area contributed by atoms with Gasteiger partial charge in [-0.3, -0.25) is 9.10 Å². The van der Waals surface area contributed by atoms with Crippen molar-refractivity contribution in [2.45, 2.75) is 19.8 Å². The van der Waals surface area contributed by atoms with Gasteiger partial charge in [0, 0.05) is 11.3 Å². The Hall–Kier alpha value is -3.12. The molecule has 6 heteroatoms. The lowest BCUT2D eigenvalue weighted by molar-refractivity contribution is -0.114. The molecular formula is C24H26N2O3S. The molecule has 0 bridgehead atoms. The van der Waals surface area contributed by atoms with Crippen LogP contribution in [0.4, 0.5) is 11.4 Å². The molecule has 1 N–H and O–H groups in total. The van der Waals surface area contributed by atoms with Crippen molar-refractivity contribution in [2.75, 3.05) is 22.4 Å². The molecule has 0 aliphatic heterocycles. The molecule has 156 valence electrons. The molecule has 0 aromatic heterocycles. The first-order chi connectivity index (χ1) is 14.3. The zero-order valence-electron chi connectivity index (χ0n) is 17.4. The highest BCUT2D eigenvalue weighted by molar-refractivity contribution is 7.92. The van der Waals surface area contributed by atoms with Crippen LogP contribution in [0, 0.1) is 0 Å². The molecule has 0 fully saturated rings. The predicted octanol–water partition coefficient (Wildman–Crippen LogP) is 4.88. The van der Waals surface area contributed by atoms with Gasteiger partial charge in [0.05, 0.1) is 11.9 Å². The third-order valence-corrected chi connectivity index (χ3v) is 5.96. The lowest BCUT2D eigenvalue weighted by atomic mass is 10.0. The van der Waals surface area contributed by atoms with Gasteiger partial charge < -0.3 is 5.32 Å². The number of sulfonamides is 1. The van der Waals surface area contributed by atoms with E-state index >= 15 is 0 Å². The minimum Gasteiger partial charge on any atom is -0.324 e. The smallest absolute Gasteiger partial charge is 0.245 e. The van der Waals surface area contributed by atoms with E-state index in [2.05, 4.69) is 19.2 Å². The first kappa shape index (κ1) is 21.6. The largest absolute Gasteiger partial charge is 0.324 e. The van der Waals surface area contributed by atoms with Gasteiger partial charge >= 0.3 is 0 Å². The van der Waals surface area contributed by atoms with E-state index in [1.807, 2.05) is 66.7 Å². The maximum absolute atomic E-state index is 12.8. The first-order valence-electron chi connectivity index (χ1n) is 9.77. The summed E-state index contributed by atoms with van der Waals surface area (Å²) in [5, 5.41) is 2.87. The fourth-order valence-electron chi connectivity index (χ4n) is 3.21. The molecule has 0 spiro atoms. The fraction of sp³-hybridized carbons (Fsp3) is 0.208. The average Bonchev–Trinajstić information content (AvgIpc) is 2.72. The maximum atomic E-state index is 12.8.